The predicted octanol–water partition coefficient (Wildman–Crippen LogP) is 4.60. The normalized spacial score (nSPS) is 18.7. The van der Waals surface area contributed by atoms with Gasteiger partial charge in [-0.1, -0.05) is 43.8 Å². The van der Waals surface area contributed by atoms with Crippen LogP contribution in [0, 0.1) is 5.92 Å². The lowest BCUT2D eigenvalue weighted by Crippen LogP contribution is -2.47. The summed E-state index contributed by atoms with van der Waals surface area (Å²) in [6, 6.07) is 8.03. The summed E-state index contributed by atoms with van der Waals surface area (Å²) in [7, 11) is 0. The van der Waals surface area contributed by atoms with Crippen molar-refractivity contribution in [3.05, 3.63) is 29.8 Å². The van der Waals surface area contributed by atoms with E-state index in [2.05, 4.69) is 12.2 Å². The van der Waals surface area contributed by atoms with Crippen molar-refractivity contribution in [1.82, 2.24) is 5.32 Å². The number of hydrogen-bond acceptors (Lipinski definition) is 5. The summed E-state index contributed by atoms with van der Waals surface area (Å²) in [6.07, 6.45) is 2.71. The van der Waals surface area contributed by atoms with E-state index in [0.29, 0.717) is 32.6 Å². The summed E-state index contributed by atoms with van der Waals surface area (Å²) in [5.74, 6) is -0.258. The van der Waals surface area contributed by atoms with Gasteiger partial charge in [0.2, 0.25) is 11.8 Å². The lowest BCUT2D eigenvalue weighted by molar-refractivity contribution is -0.124. The van der Waals surface area contributed by atoms with Gasteiger partial charge in [0, 0.05) is 30.6 Å². The smallest absolute Gasteiger partial charge is 0.232 e. The molecule has 1 aromatic rings. The van der Waals surface area contributed by atoms with Gasteiger partial charge in [-0.3, -0.25) is 9.59 Å². The van der Waals surface area contributed by atoms with Crippen molar-refractivity contribution in [2.45, 2.75) is 68.8 Å². The molecule has 8 heteroatoms. The first-order valence-corrected chi connectivity index (χ1v) is 14.8. The number of aryl methyl sites for hydroxylation is 1. The molecule has 0 aliphatic carbocycles. The Labute approximate surface area is 190 Å². The Morgan fingerprint density at radius 2 is 1.87 bits per heavy atom. The fourth-order valence-electron chi connectivity index (χ4n) is 3.97. The van der Waals surface area contributed by atoms with Crippen LogP contribution in [0.5, 0.6) is 0 Å². The SMILES string of the molecule is CCCC(C)C(=O)NCCCCc1ccc(SP(C)(=O)C2(C(N)=O)CCOCC2)cc1. The van der Waals surface area contributed by atoms with E-state index >= 15 is 0 Å². The molecule has 31 heavy (non-hydrogen) atoms. The molecule has 3 N–H and O–H groups in total. The van der Waals surface area contributed by atoms with Gasteiger partial charge in [0.05, 0.1) is 0 Å². The topological polar surface area (TPSA) is 98.5 Å². The Morgan fingerprint density at radius 3 is 2.45 bits per heavy atom. The van der Waals surface area contributed by atoms with E-state index in [9.17, 15) is 14.2 Å². The molecule has 0 aromatic heterocycles. The predicted molar refractivity (Wildman–Crippen MR) is 128 cm³/mol. The fourth-order valence-corrected chi connectivity index (χ4v) is 9.12. The minimum atomic E-state index is -2.92. The lowest BCUT2D eigenvalue weighted by Gasteiger charge is -2.38. The van der Waals surface area contributed by atoms with Gasteiger partial charge in [0.25, 0.3) is 0 Å². The number of rotatable bonds is 12. The fraction of sp³-hybridized carbons (Fsp3) is 0.652. The molecule has 0 spiro atoms. The van der Waals surface area contributed by atoms with Crippen LogP contribution in [0.15, 0.2) is 29.2 Å². The second kappa shape index (κ2) is 12.1. The molecule has 6 nitrogen and oxygen atoms in total. The van der Waals surface area contributed by atoms with Crippen molar-refractivity contribution in [2.24, 2.45) is 11.7 Å². The van der Waals surface area contributed by atoms with E-state index in [1.807, 2.05) is 31.2 Å². The molecule has 2 unspecified atom stereocenters. The van der Waals surface area contributed by atoms with E-state index in [1.165, 1.54) is 16.9 Å². The van der Waals surface area contributed by atoms with E-state index in [1.54, 1.807) is 6.66 Å². The molecule has 1 aliphatic rings. The zero-order valence-corrected chi connectivity index (χ0v) is 20.7. The highest BCUT2D eigenvalue weighted by molar-refractivity contribution is 8.58. The zero-order valence-electron chi connectivity index (χ0n) is 19.0. The molecular formula is C23H37N2O4PS. The second-order valence-corrected chi connectivity index (χ2v) is 14.4. The average Bonchev–Trinajstić information content (AvgIpc) is 2.74. The molecule has 1 saturated heterocycles. The maximum absolute atomic E-state index is 13.5. The van der Waals surface area contributed by atoms with Crippen LogP contribution in [0.25, 0.3) is 0 Å². The molecular weight excluding hydrogens is 431 g/mol. The largest absolute Gasteiger partial charge is 0.381 e. The summed E-state index contributed by atoms with van der Waals surface area (Å²) >= 11 is 1.28. The van der Waals surface area contributed by atoms with Crippen molar-refractivity contribution in [1.29, 1.82) is 0 Å². The standard InChI is InChI=1S/C23H37N2O4PS/c1-4-7-18(2)21(26)25-15-6-5-8-19-9-11-20(12-10-19)31-30(3,28)23(22(24)27)13-16-29-17-14-23/h9-12,18H,4-8,13-17H2,1-3H3,(H2,24,27)(H,25,26). The number of carbonyl (C=O) groups is 2. The molecule has 1 fully saturated rings. The van der Waals surface area contributed by atoms with Crippen LogP contribution in [0.1, 0.15) is 57.9 Å². The number of nitrogens with one attached hydrogen (secondary N) is 1. The van der Waals surface area contributed by atoms with Crippen LogP contribution < -0.4 is 11.1 Å². The van der Waals surface area contributed by atoms with Gasteiger partial charge >= 0.3 is 0 Å². The van der Waals surface area contributed by atoms with Crippen molar-refractivity contribution in [3.8, 4) is 0 Å². The summed E-state index contributed by atoms with van der Waals surface area (Å²) in [4.78, 5) is 25.0. The molecule has 0 bridgehead atoms. The maximum atomic E-state index is 13.5. The van der Waals surface area contributed by atoms with Crippen LogP contribution in [0.4, 0.5) is 0 Å². The Hall–Kier alpha value is -1.30. The zero-order chi connectivity index (χ0) is 22.9. The first-order valence-electron chi connectivity index (χ1n) is 11.2. The molecule has 2 atom stereocenters. The summed E-state index contributed by atoms with van der Waals surface area (Å²) in [6.45, 7) is 7.28. The van der Waals surface area contributed by atoms with Crippen molar-refractivity contribution >= 4 is 29.5 Å². The Kier molecular flexibility index (Phi) is 10.1. The van der Waals surface area contributed by atoms with Gasteiger partial charge in [-0.05, 0) is 62.9 Å². The maximum Gasteiger partial charge on any atom is 0.232 e. The number of benzene rings is 1. The quantitative estimate of drug-likeness (QED) is 0.345. The Bertz CT molecular complexity index is 778. The van der Waals surface area contributed by atoms with Crippen molar-refractivity contribution < 1.29 is 18.9 Å². The highest BCUT2D eigenvalue weighted by Crippen LogP contribution is 2.70. The van der Waals surface area contributed by atoms with Crippen LogP contribution in [0.2, 0.25) is 0 Å². The van der Waals surface area contributed by atoms with E-state index < -0.39 is 17.4 Å². The molecule has 2 amide bonds. The van der Waals surface area contributed by atoms with E-state index in [-0.39, 0.29) is 11.8 Å². The Balaban J connectivity index is 1.83. The van der Waals surface area contributed by atoms with Crippen LogP contribution in [-0.2, 0) is 25.3 Å². The van der Waals surface area contributed by atoms with Crippen molar-refractivity contribution in [2.75, 3.05) is 26.4 Å². The second-order valence-electron chi connectivity index (χ2n) is 8.53. The monoisotopic (exact) mass is 468 g/mol. The van der Waals surface area contributed by atoms with Gasteiger partial charge < -0.3 is 20.4 Å². The third-order valence-corrected chi connectivity index (χ3v) is 11.9. The first kappa shape index (κ1) is 26.0. The number of carbonyl (C=O) groups excluding carboxylic acids is 2. The van der Waals surface area contributed by atoms with Gasteiger partial charge in [0.1, 0.15) is 5.16 Å². The van der Waals surface area contributed by atoms with Gasteiger partial charge in [-0.2, -0.15) is 0 Å². The lowest BCUT2D eigenvalue weighted by atomic mass is 9.98. The van der Waals surface area contributed by atoms with E-state index in [4.69, 9.17) is 10.5 Å². The van der Waals surface area contributed by atoms with Gasteiger partial charge in [-0.25, -0.2) is 0 Å². The number of primary amides is 1. The Morgan fingerprint density at radius 1 is 1.23 bits per heavy atom. The number of nitrogens with two attached hydrogens (primary N) is 1. The molecule has 174 valence electrons. The minimum absolute atomic E-state index is 0.0828. The number of amides is 2. The average molecular weight is 469 g/mol. The molecule has 2 rings (SSSR count). The molecule has 1 heterocycles. The summed E-state index contributed by atoms with van der Waals surface area (Å²) in [5, 5.41) is 2.02. The summed E-state index contributed by atoms with van der Waals surface area (Å²) < 4.78 is 18.9. The van der Waals surface area contributed by atoms with Gasteiger partial charge in [-0.15, -0.1) is 0 Å². The van der Waals surface area contributed by atoms with Gasteiger partial charge in [0.15, 0.2) is 6.34 Å². The van der Waals surface area contributed by atoms with Crippen molar-refractivity contribution in [3.63, 3.8) is 0 Å². The highest BCUT2D eigenvalue weighted by Gasteiger charge is 2.51. The number of hydrogen-bond donors (Lipinski definition) is 2. The number of ether oxygens (including phenoxy) is 1. The highest BCUT2D eigenvalue weighted by atomic mass is 32.7. The molecule has 0 radical (unpaired) electrons. The molecule has 1 aliphatic heterocycles. The number of unbranched alkanes of at least 4 members (excludes halogenated alkanes) is 1. The molecule has 0 saturated carbocycles. The first-order chi connectivity index (χ1) is 14.7. The van der Waals surface area contributed by atoms with E-state index in [0.717, 1.165) is 37.0 Å². The third kappa shape index (κ3) is 7.10. The van der Waals surface area contributed by atoms with Crippen LogP contribution in [0.3, 0.4) is 0 Å². The minimum Gasteiger partial charge on any atom is -0.381 e. The van der Waals surface area contributed by atoms with Crippen LogP contribution >= 0.6 is 17.7 Å². The summed E-state index contributed by atoms with van der Waals surface area (Å²) in [5.41, 5.74) is 6.89. The third-order valence-electron chi connectivity index (χ3n) is 6.12. The van der Waals surface area contributed by atoms with Crippen LogP contribution in [-0.4, -0.2) is 43.4 Å². The molecule has 1 aromatic carbocycles.